The van der Waals surface area contributed by atoms with E-state index in [4.69, 9.17) is 16.3 Å². The van der Waals surface area contributed by atoms with E-state index in [0.29, 0.717) is 27.8 Å². The maximum atomic E-state index is 12.7. The standard InChI is InChI=1S/C24H22ClN3O5S/c1-33-21-7-3-5-19(14-21)27-34(31,32)22-10-8-18(9-11-22)26-24(30)16-12-23(29)28(15-16)20-6-2-4-17(25)13-20/h2-11,13-14,16,27H,12,15H2,1H3,(H,26,30). The number of rotatable bonds is 7. The predicted molar refractivity (Wildman–Crippen MR) is 131 cm³/mol. The molecule has 176 valence electrons. The van der Waals surface area contributed by atoms with Crippen molar-refractivity contribution in [2.24, 2.45) is 5.92 Å². The number of anilines is 3. The van der Waals surface area contributed by atoms with Crippen LogP contribution in [0.15, 0.2) is 77.7 Å². The third kappa shape index (κ3) is 5.32. The minimum Gasteiger partial charge on any atom is -0.497 e. The van der Waals surface area contributed by atoms with E-state index in [1.165, 1.54) is 36.3 Å². The molecule has 0 radical (unpaired) electrons. The Hall–Kier alpha value is -3.56. The summed E-state index contributed by atoms with van der Waals surface area (Å²) in [6, 6.07) is 19.3. The van der Waals surface area contributed by atoms with E-state index in [0.717, 1.165) is 0 Å². The molecule has 0 saturated carbocycles. The molecule has 1 heterocycles. The Bertz CT molecular complexity index is 1330. The van der Waals surface area contributed by atoms with Gasteiger partial charge in [0, 0.05) is 35.4 Å². The van der Waals surface area contributed by atoms with E-state index in [9.17, 15) is 18.0 Å². The number of methoxy groups -OCH3 is 1. The van der Waals surface area contributed by atoms with Gasteiger partial charge in [0.15, 0.2) is 0 Å². The van der Waals surface area contributed by atoms with Crippen LogP contribution in [0, 0.1) is 5.92 Å². The first-order chi connectivity index (χ1) is 16.2. The molecule has 3 aromatic carbocycles. The lowest BCUT2D eigenvalue weighted by Gasteiger charge is -2.17. The van der Waals surface area contributed by atoms with Gasteiger partial charge in [0.2, 0.25) is 11.8 Å². The van der Waals surface area contributed by atoms with Crippen molar-refractivity contribution in [3.8, 4) is 5.75 Å². The van der Waals surface area contributed by atoms with E-state index >= 15 is 0 Å². The Morgan fingerprint density at radius 1 is 1.03 bits per heavy atom. The van der Waals surface area contributed by atoms with Crippen LogP contribution in [0.4, 0.5) is 17.1 Å². The van der Waals surface area contributed by atoms with Gasteiger partial charge < -0.3 is 15.0 Å². The van der Waals surface area contributed by atoms with Crippen LogP contribution >= 0.6 is 11.6 Å². The predicted octanol–water partition coefficient (Wildman–Crippen LogP) is 4.14. The summed E-state index contributed by atoms with van der Waals surface area (Å²) >= 11 is 6.01. The first-order valence-corrected chi connectivity index (χ1v) is 12.2. The van der Waals surface area contributed by atoms with Gasteiger partial charge in [-0.2, -0.15) is 0 Å². The molecule has 1 aliphatic heterocycles. The van der Waals surface area contributed by atoms with Crippen LogP contribution in [0.2, 0.25) is 5.02 Å². The van der Waals surface area contributed by atoms with Crippen LogP contribution in [-0.4, -0.2) is 33.9 Å². The van der Waals surface area contributed by atoms with Crippen molar-refractivity contribution < 1.29 is 22.7 Å². The number of halogens is 1. The molecule has 1 saturated heterocycles. The van der Waals surface area contributed by atoms with E-state index in [2.05, 4.69) is 10.0 Å². The summed E-state index contributed by atoms with van der Waals surface area (Å²) < 4.78 is 33.0. The van der Waals surface area contributed by atoms with Crippen molar-refractivity contribution in [1.29, 1.82) is 0 Å². The van der Waals surface area contributed by atoms with Crippen molar-refractivity contribution in [1.82, 2.24) is 0 Å². The smallest absolute Gasteiger partial charge is 0.261 e. The topological polar surface area (TPSA) is 105 Å². The number of sulfonamides is 1. The van der Waals surface area contributed by atoms with E-state index in [-0.39, 0.29) is 29.7 Å². The second-order valence-electron chi connectivity index (χ2n) is 7.74. The Kier molecular flexibility index (Phi) is 6.76. The zero-order valence-corrected chi connectivity index (χ0v) is 19.8. The molecule has 3 aromatic rings. The molecule has 4 rings (SSSR count). The molecule has 8 nitrogen and oxygen atoms in total. The highest BCUT2D eigenvalue weighted by atomic mass is 35.5. The molecule has 0 aliphatic carbocycles. The number of hydrogen-bond donors (Lipinski definition) is 2. The average molecular weight is 500 g/mol. The number of carbonyl (C=O) groups is 2. The Morgan fingerprint density at radius 3 is 2.47 bits per heavy atom. The summed E-state index contributed by atoms with van der Waals surface area (Å²) in [4.78, 5) is 26.7. The second kappa shape index (κ2) is 9.74. The first kappa shape index (κ1) is 23.6. The normalized spacial score (nSPS) is 15.8. The third-order valence-corrected chi connectivity index (χ3v) is 7.00. The van der Waals surface area contributed by atoms with Gasteiger partial charge >= 0.3 is 0 Å². The van der Waals surface area contributed by atoms with Gasteiger partial charge in [-0.1, -0.05) is 23.7 Å². The van der Waals surface area contributed by atoms with E-state index < -0.39 is 15.9 Å². The van der Waals surface area contributed by atoms with Gasteiger partial charge in [-0.3, -0.25) is 14.3 Å². The molecule has 1 fully saturated rings. The Morgan fingerprint density at radius 2 is 1.76 bits per heavy atom. The minimum atomic E-state index is -3.83. The van der Waals surface area contributed by atoms with E-state index in [1.54, 1.807) is 48.5 Å². The summed E-state index contributed by atoms with van der Waals surface area (Å²) in [6.07, 6.45) is 0.0786. The zero-order valence-electron chi connectivity index (χ0n) is 18.2. The summed E-state index contributed by atoms with van der Waals surface area (Å²) in [7, 11) is -2.33. The molecule has 1 unspecified atom stereocenters. The first-order valence-electron chi connectivity index (χ1n) is 10.4. The van der Waals surface area contributed by atoms with Crippen LogP contribution < -0.4 is 19.7 Å². The molecular formula is C24H22ClN3O5S. The molecule has 0 spiro atoms. The summed E-state index contributed by atoms with van der Waals surface area (Å²) in [5, 5.41) is 3.26. The maximum absolute atomic E-state index is 12.7. The Balaban J connectivity index is 1.40. The zero-order chi connectivity index (χ0) is 24.3. The van der Waals surface area contributed by atoms with Gasteiger partial charge in [0.25, 0.3) is 10.0 Å². The molecule has 2 N–H and O–H groups in total. The highest BCUT2D eigenvalue weighted by Gasteiger charge is 2.35. The summed E-state index contributed by atoms with van der Waals surface area (Å²) in [5.41, 5.74) is 1.44. The SMILES string of the molecule is COc1cccc(NS(=O)(=O)c2ccc(NC(=O)C3CC(=O)N(c4cccc(Cl)c4)C3)cc2)c1. The minimum absolute atomic E-state index is 0.0384. The number of nitrogens with zero attached hydrogens (tertiary/aromatic N) is 1. The van der Waals surface area contributed by atoms with Gasteiger partial charge in [-0.25, -0.2) is 8.42 Å². The second-order valence-corrected chi connectivity index (χ2v) is 9.86. The van der Waals surface area contributed by atoms with Crippen LogP contribution in [0.3, 0.4) is 0 Å². The monoisotopic (exact) mass is 499 g/mol. The number of carbonyl (C=O) groups excluding carboxylic acids is 2. The quantitative estimate of drug-likeness (QED) is 0.508. The molecule has 0 aromatic heterocycles. The van der Waals surface area contributed by atoms with E-state index in [1.807, 2.05) is 0 Å². The van der Waals surface area contributed by atoms with Gasteiger partial charge in [0.1, 0.15) is 5.75 Å². The lowest BCUT2D eigenvalue weighted by molar-refractivity contribution is -0.122. The summed E-state index contributed by atoms with van der Waals surface area (Å²) in [5.74, 6) is -0.488. The number of nitrogens with one attached hydrogen (secondary N) is 2. The number of ether oxygens (including phenoxy) is 1. The average Bonchev–Trinajstić information content (AvgIpc) is 3.21. The Labute approximate surface area is 202 Å². The molecule has 0 bridgehead atoms. The molecule has 1 aliphatic rings. The molecule has 1 atom stereocenters. The van der Waals surface area contributed by atoms with Crippen molar-refractivity contribution >= 4 is 50.5 Å². The number of amides is 2. The third-order valence-electron chi connectivity index (χ3n) is 5.37. The van der Waals surface area contributed by atoms with Gasteiger partial charge in [-0.05, 0) is 54.6 Å². The summed E-state index contributed by atoms with van der Waals surface area (Å²) in [6.45, 7) is 0.238. The van der Waals surface area contributed by atoms with Gasteiger partial charge in [0.05, 0.1) is 23.6 Å². The fourth-order valence-corrected chi connectivity index (χ4v) is 4.87. The fourth-order valence-electron chi connectivity index (χ4n) is 3.64. The van der Waals surface area contributed by atoms with Crippen molar-refractivity contribution in [2.45, 2.75) is 11.3 Å². The van der Waals surface area contributed by atoms with Crippen LogP contribution in [0.5, 0.6) is 5.75 Å². The van der Waals surface area contributed by atoms with Crippen molar-refractivity contribution in [3.63, 3.8) is 0 Å². The van der Waals surface area contributed by atoms with Crippen molar-refractivity contribution in [2.75, 3.05) is 28.6 Å². The highest BCUT2D eigenvalue weighted by molar-refractivity contribution is 7.92. The van der Waals surface area contributed by atoms with Gasteiger partial charge in [-0.15, -0.1) is 0 Å². The van der Waals surface area contributed by atoms with Crippen LogP contribution in [0.25, 0.3) is 0 Å². The maximum Gasteiger partial charge on any atom is 0.261 e. The molecule has 34 heavy (non-hydrogen) atoms. The number of benzene rings is 3. The molecular weight excluding hydrogens is 478 g/mol. The fraction of sp³-hybridized carbons (Fsp3) is 0.167. The lowest BCUT2D eigenvalue weighted by Crippen LogP contribution is -2.28. The van der Waals surface area contributed by atoms with Crippen LogP contribution in [0.1, 0.15) is 6.42 Å². The highest BCUT2D eigenvalue weighted by Crippen LogP contribution is 2.28. The lowest BCUT2D eigenvalue weighted by atomic mass is 10.1. The molecule has 10 heteroatoms. The largest absolute Gasteiger partial charge is 0.497 e. The number of hydrogen-bond acceptors (Lipinski definition) is 5. The van der Waals surface area contributed by atoms with Crippen molar-refractivity contribution in [3.05, 3.63) is 77.8 Å². The molecule has 2 amide bonds. The van der Waals surface area contributed by atoms with Crippen LogP contribution in [-0.2, 0) is 19.6 Å².